The average Bonchev–Trinajstić information content (AvgIpc) is 2.94. The molecule has 218 valence electrons. The van der Waals surface area contributed by atoms with Gasteiger partial charge in [0.25, 0.3) is 0 Å². The minimum atomic E-state index is -0.442. The number of unbranched alkanes of at least 4 members (excludes halogenated alkanes) is 2. The van der Waals surface area contributed by atoms with E-state index in [4.69, 9.17) is 18.9 Å². The van der Waals surface area contributed by atoms with E-state index in [2.05, 4.69) is 43.5 Å². The normalized spacial score (nSPS) is 12.5. The Morgan fingerprint density at radius 1 is 0.700 bits per heavy atom. The molecule has 0 aliphatic carbocycles. The van der Waals surface area contributed by atoms with Crippen LogP contribution in [0.25, 0.3) is 21.5 Å². The zero-order chi connectivity index (χ0) is 28.9. The van der Waals surface area contributed by atoms with Crippen LogP contribution in [0.3, 0.4) is 0 Å². The van der Waals surface area contributed by atoms with Gasteiger partial charge in [0, 0.05) is 34.6 Å². The molecule has 3 aromatic rings. The Balaban J connectivity index is 1.84. The molecule has 0 spiro atoms. The van der Waals surface area contributed by atoms with Crippen molar-refractivity contribution in [3.8, 4) is 11.5 Å². The van der Waals surface area contributed by atoms with E-state index in [9.17, 15) is 9.59 Å². The summed E-state index contributed by atoms with van der Waals surface area (Å²) in [6.45, 7) is 11.5. The number of hydrogen-bond acceptors (Lipinski definition) is 6. The quantitative estimate of drug-likeness (QED) is 0.154. The third-order valence-electron chi connectivity index (χ3n) is 6.54. The zero-order valence-corrected chi connectivity index (χ0v) is 24.5. The predicted octanol–water partition coefficient (Wildman–Crippen LogP) is 7.14. The summed E-state index contributed by atoms with van der Waals surface area (Å²) in [5, 5.41) is 9.14. The summed E-state index contributed by atoms with van der Waals surface area (Å²) < 4.78 is 23.7. The molecule has 2 N–H and O–H groups in total. The first-order valence-electron chi connectivity index (χ1n) is 14.5. The van der Waals surface area contributed by atoms with Gasteiger partial charge < -0.3 is 29.6 Å². The van der Waals surface area contributed by atoms with E-state index in [0.29, 0.717) is 18.8 Å². The van der Waals surface area contributed by atoms with Crippen LogP contribution in [0.5, 0.6) is 11.5 Å². The lowest BCUT2D eigenvalue weighted by Crippen LogP contribution is -2.31. The van der Waals surface area contributed by atoms with Crippen LogP contribution in [0.4, 0.5) is 9.59 Å². The van der Waals surface area contributed by atoms with E-state index in [0.717, 1.165) is 59.4 Å². The first-order valence-corrected chi connectivity index (χ1v) is 14.5. The highest BCUT2D eigenvalue weighted by Crippen LogP contribution is 2.43. The van der Waals surface area contributed by atoms with E-state index in [1.165, 1.54) is 5.56 Å². The van der Waals surface area contributed by atoms with Gasteiger partial charge in [0.2, 0.25) is 0 Å². The molecule has 8 heteroatoms. The van der Waals surface area contributed by atoms with E-state index in [1.54, 1.807) is 0 Å². The number of aryl methyl sites for hydroxylation is 1. The van der Waals surface area contributed by atoms with Gasteiger partial charge in [-0.1, -0.05) is 70.0 Å². The smallest absolute Gasteiger partial charge is 0.407 e. The number of rotatable bonds is 15. The monoisotopic (exact) mass is 552 g/mol. The van der Waals surface area contributed by atoms with Crippen LogP contribution in [-0.4, -0.2) is 50.7 Å². The molecule has 0 saturated heterocycles. The van der Waals surface area contributed by atoms with Gasteiger partial charge in [-0.3, -0.25) is 0 Å². The van der Waals surface area contributed by atoms with Crippen LogP contribution in [0.2, 0.25) is 0 Å². The van der Waals surface area contributed by atoms with Crippen molar-refractivity contribution in [2.24, 2.45) is 0 Å². The minimum Gasteiger partial charge on any atom is -0.488 e. The SMILES string of the molecule is CCCCNC(=O)OC(C)COc1c2ccccc2c(OCC(C)OC(=O)NCCCC)c2cc(CC)ccc12. The number of carbonyl (C=O) groups is 2. The highest BCUT2D eigenvalue weighted by Gasteiger charge is 2.19. The highest BCUT2D eigenvalue weighted by molar-refractivity contribution is 6.11. The van der Waals surface area contributed by atoms with Gasteiger partial charge in [-0.2, -0.15) is 0 Å². The first kappa shape index (κ1) is 30.9. The second kappa shape index (κ2) is 15.8. The molecule has 0 bridgehead atoms. The lowest BCUT2D eigenvalue weighted by molar-refractivity contribution is 0.0751. The fourth-order valence-electron chi connectivity index (χ4n) is 4.33. The Bertz CT molecular complexity index is 1260. The molecule has 0 saturated carbocycles. The van der Waals surface area contributed by atoms with E-state index in [1.807, 2.05) is 44.2 Å². The van der Waals surface area contributed by atoms with Gasteiger partial charge in [0.15, 0.2) is 0 Å². The summed E-state index contributed by atoms with van der Waals surface area (Å²) in [5.74, 6) is 1.43. The second-order valence-corrected chi connectivity index (χ2v) is 10.1. The van der Waals surface area contributed by atoms with Crippen molar-refractivity contribution in [1.82, 2.24) is 10.6 Å². The molecule has 2 unspecified atom stereocenters. The Labute approximate surface area is 237 Å². The molecule has 0 fully saturated rings. The number of nitrogens with one attached hydrogen (secondary N) is 2. The lowest BCUT2D eigenvalue weighted by atomic mass is 9.98. The zero-order valence-electron chi connectivity index (χ0n) is 24.5. The predicted molar refractivity (Wildman–Crippen MR) is 160 cm³/mol. The van der Waals surface area contributed by atoms with E-state index >= 15 is 0 Å². The van der Waals surface area contributed by atoms with Crippen LogP contribution in [0, 0.1) is 0 Å². The Kier molecular flexibility index (Phi) is 12.2. The van der Waals surface area contributed by atoms with Gasteiger partial charge in [-0.25, -0.2) is 9.59 Å². The molecule has 0 aliphatic heterocycles. The van der Waals surface area contributed by atoms with Crippen LogP contribution < -0.4 is 20.1 Å². The van der Waals surface area contributed by atoms with Crippen molar-refractivity contribution >= 4 is 33.7 Å². The highest BCUT2D eigenvalue weighted by atomic mass is 16.6. The van der Waals surface area contributed by atoms with Crippen LogP contribution in [0.1, 0.15) is 65.9 Å². The number of carbonyl (C=O) groups excluding carboxylic acids is 2. The summed E-state index contributed by atoms with van der Waals surface area (Å²) in [7, 11) is 0. The lowest BCUT2D eigenvalue weighted by Gasteiger charge is -2.21. The molecule has 3 aromatic carbocycles. The summed E-state index contributed by atoms with van der Waals surface area (Å²) in [6, 6.07) is 14.2. The molecule has 0 heterocycles. The molecule has 3 rings (SSSR count). The number of hydrogen-bond donors (Lipinski definition) is 2. The second-order valence-electron chi connectivity index (χ2n) is 10.1. The Hall–Kier alpha value is -3.68. The van der Waals surface area contributed by atoms with E-state index < -0.39 is 24.4 Å². The summed E-state index contributed by atoms with van der Waals surface area (Å²) in [4.78, 5) is 24.2. The van der Waals surface area contributed by atoms with E-state index in [-0.39, 0.29) is 13.2 Å². The van der Waals surface area contributed by atoms with Gasteiger partial charge in [0.1, 0.15) is 36.9 Å². The van der Waals surface area contributed by atoms with Crippen LogP contribution in [0.15, 0.2) is 42.5 Å². The molecule has 0 radical (unpaired) electrons. The Morgan fingerprint density at radius 2 is 1.18 bits per heavy atom. The average molecular weight is 553 g/mol. The van der Waals surface area contributed by atoms with Crippen molar-refractivity contribution in [3.63, 3.8) is 0 Å². The Morgan fingerprint density at radius 3 is 1.65 bits per heavy atom. The molecular formula is C32H44N2O6. The maximum atomic E-state index is 12.1. The maximum absolute atomic E-state index is 12.1. The molecule has 2 amide bonds. The van der Waals surface area contributed by atoms with Crippen LogP contribution >= 0.6 is 0 Å². The van der Waals surface area contributed by atoms with Crippen molar-refractivity contribution in [2.45, 2.75) is 78.9 Å². The largest absolute Gasteiger partial charge is 0.488 e. The maximum Gasteiger partial charge on any atom is 0.407 e. The molecule has 2 atom stereocenters. The van der Waals surface area contributed by atoms with Crippen LogP contribution in [-0.2, 0) is 15.9 Å². The van der Waals surface area contributed by atoms with Gasteiger partial charge in [0.05, 0.1) is 0 Å². The summed E-state index contributed by atoms with van der Waals surface area (Å²) in [6.07, 6.45) is 2.92. The third kappa shape index (κ3) is 8.66. The van der Waals surface area contributed by atoms with Crippen molar-refractivity contribution < 1.29 is 28.5 Å². The number of alkyl carbamates (subject to hydrolysis) is 2. The topological polar surface area (TPSA) is 95.1 Å². The first-order chi connectivity index (χ1) is 19.4. The minimum absolute atomic E-state index is 0.202. The molecule has 40 heavy (non-hydrogen) atoms. The molecule has 0 aromatic heterocycles. The number of fused-ring (bicyclic) bond motifs is 2. The van der Waals surface area contributed by atoms with Gasteiger partial charge in [-0.15, -0.1) is 0 Å². The molecule has 0 aliphatic rings. The van der Waals surface area contributed by atoms with Crippen molar-refractivity contribution in [2.75, 3.05) is 26.3 Å². The number of ether oxygens (including phenoxy) is 4. The molecular weight excluding hydrogens is 508 g/mol. The van der Waals surface area contributed by atoms with Crippen molar-refractivity contribution in [1.29, 1.82) is 0 Å². The number of amides is 2. The third-order valence-corrected chi connectivity index (χ3v) is 6.54. The summed E-state index contributed by atoms with van der Waals surface area (Å²) >= 11 is 0. The standard InChI is InChI=1S/C32H44N2O6/c1-6-9-17-33-31(35)39-22(4)20-37-29-25-13-11-12-14-26(25)30(28-19-24(8-3)15-16-27(28)29)38-21-23(5)40-32(36)34-18-10-7-2/h11-16,19,22-23H,6-10,17-18,20-21H2,1-5H3,(H,33,35)(H,34,36). The fourth-order valence-corrected chi connectivity index (χ4v) is 4.33. The van der Waals surface area contributed by atoms with Gasteiger partial charge in [-0.05, 0) is 44.7 Å². The molecule has 8 nitrogen and oxygen atoms in total. The summed E-state index contributed by atoms with van der Waals surface area (Å²) in [5.41, 5.74) is 1.17. The van der Waals surface area contributed by atoms with Crippen molar-refractivity contribution in [3.05, 3.63) is 48.0 Å². The van der Waals surface area contributed by atoms with Gasteiger partial charge >= 0.3 is 12.2 Å². The fraction of sp³-hybridized carbons (Fsp3) is 0.500. The number of benzene rings is 3.